The molecule has 0 atom stereocenters. The summed E-state index contributed by atoms with van der Waals surface area (Å²) in [5, 5.41) is 3.13. The van der Waals surface area contributed by atoms with Gasteiger partial charge in [0.1, 0.15) is 6.54 Å². The molecule has 1 aliphatic heterocycles. The zero-order chi connectivity index (χ0) is 15.6. The molecular weight excluding hydrogens is 281 g/mol. The third-order valence-electron chi connectivity index (χ3n) is 3.31. The summed E-state index contributed by atoms with van der Waals surface area (Å²) in [5.41, 5.74) is 2.24. The van der Waals surface area contributed by atoms with Crippen LogP contribution in [0.3, 0.4) is 0 Å². The van der Waals surface area contributed by atoms with E-state index in [1.54, 1.807) is 26.0 Å². The van der Waals surface area contributed by atoms with E-state index in [-0.39, 0.29) is 12.5 Å². The van der Waals surface area contributed by atoms with Crippen LogP contribution in [0, 0.1) is 5.92 Å². The number of carbonyl (C=O) groups is 1. The van der Waals surface area contributed by atoms with Crippen molar-refractivity contribution in [1.82, 2.24) is 4.90 Å². The van der Waals surface area contributed by atoms with Crippen molar-refractivity contribution in [3.05, 3.63) is 29.3 Å². The van der Waals surface area contributed by atoms with Crippen molar-refractivity contribution in [2.75, 3.05) is 25.0 Å². The smallest absolute Gasteiger partial charge is 0.384 e. The summed E-state index contributed by atoms with van der Waals surface area (Å²) in [6.07, 6.45) is -3.51. The molecule has 1 aromatic carbocycles. The highest BCUT2D eigenvalue weighted by atomic mass is 19.4. The van der Waals surface area contributed by atoms with Crippen LogP contribution in [0.2, 0.25) is 0 Å². The average molecular weight is 300 g/mol. The van der Waals surface area contributed by atoms with Crippen LogP contribution in [0.4, 0.5) is 18.9 Å². The number of hydrogen-bond donors (Lipinski definition) is 1. The Balaban J connectivity index is 2.20. The molecule has 2 rings (SSSR count). The minimum Gasteiger partial charge on any atom is -0.384 e. The van der Waals surface area contributed by atoms with Gasteiger partial charge in [-0.05, 0) is 30.0 Å². The van der Waals surface area contributed by atoms with Gasteiger partial charge in [0.25, 0.3) is 5.91 Å². The number of anilines is 1. The molecule has 1 aromatic rings. The third kappa shape index (κ3) is 4.12. The molecule has 1 heterocycles. The molecule has 0 unspecified atom stereocenters. The van der Waals surface area contributed by atoms with Crippen molar-refractivity contribution in [2.45, 2.75) is 26.4 Å². The quantitative estimate of drug-likeness (QED) is 0.925. The van der Waals surface area contributed by atoms with Crippen molar-refractivity contribution in [1.29, 1.82) is 0 Å². The summed E-state index contributed by atoms with van der Waals surface area (Å²) < 4.78 is 37.9. The number of alkyl halides is 3. The fourth-order valence-corrected chi connectivity index (χ4v) is 2.48. The molecule has 0 radical (unpaired) electrons. The third-order valence-corrected chi connectivity index (χ3v) is 3.31. The van der Waals surface area contributed by atoms with Gasteiger partial charge in [0.15, 0.2) is 0 Å². The Morgan fingerprint density at radius 1 is 1.38 bits per heavy atom. The van der Waals surface area contributed by atoms with Gasteiger partial charge in [0.2, 0.25) is 0 Å². The van der Waals surface area contributed by atoms with Crippen LogP contribution in [0.15, 0.2) is 18.2 Å². The summed E-state index contributed by atoms with van der Waals surface area (Å²) in [6.45, 7) is 3.25. The van der Waals surface area contributed by atoms with Gasteiger partial charge in [-0.3, -0.25) is 4.79 Å². The Hall–Kier alpha value is -1.72. The van der Waals surface area contributed by atoms with Crippen molar-refractivity contribution < 1.29 is 18.0 Å². The molecule has 1 amide bonds. The average Bonchev–Trinajstić information content (AvgIpc) is 2.81. The van der Waals surface area contributed by atoms with E-state index in [0.717, 1.165) is 29.1 Å². The maximum absolute atomic E-state index is 12.6. The fraction of sp³-hybridized carbons (Fsp3) is 0.533. The normalized spacial score (nSPS) is 14.0. The van der Waals surface area contributed by atoms with Gasteiger partial charge in [0, 0.05) is 24.3 Å². The molecule has 1 N–H and O–H groups in total. The standard InChI is InChI=1S/C15H19F3N2O/c1-10(2)8-20(9-15(16,17)18)14(21)12-4-3-11-5-6-19-13(11)7-12/h3-4,7,10,19H,5-6,8-9H2,1-2H3. The first kappa shape index (κ1) is 15.7. The lowest BCUT2D eigenvalue weighted by molar-refractivity contribution is -0.141. The number of benzene rings is 1. The molecule has 1 aliphatic rings. The van der Waals surface area contributed by atoms with E-state index in [0.29, 0.717) is 5.56 Å². The molecule has 0 saturated carbocycles. The first-order valence-corrected chi connectivity index (χ1v) is 6.99. The predicted octanol–water partition coefficient (Wildman–Crippen LogP) is 3.32. The zero-order valence-corrected chi connectivity index (χ0v) is 12.1. The number of hydrogen-bond acceptors (Lipinski definition) is 2. The molecule has 6 heteroatoms. The SMILES string of the molecule is CC(C)CN(CC(F)(F)F)C(=O)c1ccc2c(c1)NCC2. The minimum absolute atomic E-state index is 0.0242. The summed E-state index contributed by atoms with van der Waals surface area (Å²) in [6, 6.07) is 5.07. The van der Waals surface area contributed by atoms with Gasteiger partial charge in [-0.2, -0.15) is 13.2 Å². The largest absolute Gasteiger partial charge is 0.406 e. The van der Waals surface area contributed by atoms with E-state index in [4.69, 9.17) is 0 Å². The van der Waals surface area contributed by atoms with Gasteiger partial charge in [-0.15, -0.1) is 0 Å². The predicted molar refractivity (Wildman–Crippen MR) is 75.4 cm³/mol. The van der Waals surface area contributed by atoms with Crippen LogP contribution < -0.4 is 5.32 Å². The second-order valence-corrected chi connectivity index (χ2v) is 5.74. The van der Waals surface area contributed by atoms with E-state index in [2.05, 4.69) is 5.32 Å². The van der Waals surface area contributed by atoms with E-state index >= 15 is 0 Å². The van der Waals surface area contributed by atoms with Crippen LogP contribution in [0.1, 0.15) is 29.8 Å². The number of nitrogens with zero attached hydrogens (tertiary/aromatic N) is 1. The molecule has 0 bridgehead atoms. The molecule has 3 nitrogen and oxygen atoms in total. The van der Waals surface area contributed by atoms with Crippen molar-refractivity contribution in [2.24, 2.45) is 5.92 Å². The van der Waals surface area contributed by atoms with Gasteiger partial charge >= 0.3 is 6.18 Å². The number of carbonyl (C=O) groups excluding carboxylic acids is 1. The first-order valence-electron chi connectivity index (χ1n) is 6.99. The number of nitrogens with one attached hydrogen (secondary N) is 1. The second kappa shape index (κ2) is 5.95. The monoisotopic (exact) mass is 300 g/mol. The first-order chi connectivity index (χ1) is 9.76. The van der Waals surface area contributed by atoms with E-state index in [9.17, 15) is 18.0 Å². The van der Waals surface area contributed by atoms with Crippen LogP contribution in [0.25, 0.3) is 0 Å². The molecule has 21 heavy (non-hydrogen) atoms. The number of halogens is 3. The Morgan fingerprint density at radius 3 is 2.71 bits per heavy atom. The van der Waals surface area contributed by atoms with E-state index in [1.807, 2.05) is 6.07 Å². The summed E-state index contributed by atoms with van der Waals surface area (Å²) >= 11 is 0. The summed E-state index contributed by atoms with van der Waals surface area (Å²) in [7, 11) is 0. The molecular formula is C15H19F3N2O. The van der Waals surface area contributed by atoms with Crippen LogP contribution >= 0.6 is 0 Å². The molecule has 0 fully saturated rings. The highest BCUT2D eigenvalue weighted by molar-refractivity contribution is 5.95. The second-order valence-electron chi connectivity index (χ2n) is 5.74. The van der Waals surface area contributed by atoms with Gasteiger partial charge in [0.05, 0.1) is 0 Å². The zero-order valence-electron chi connectivity index (χ0n) is 12.1. The summed E-state index contributed by atoms with van der Waals surface area (Å²) in [5.74, 6) is -0.596. The Bertz CT molecular complexity index is 526. The molecule has 116 valence electrons. The van der Waals surface area contributed by atoms with Crippen molar-refractivity contribution in [3.8, 4) is 0 Å². The molecule has 0 aromatic heterocycles. The van der Waals surface area contributed by atoms with Gasteiger partial charge < -0.3 is 10.2 Å². The number of amides is 1. The Labute approximate surface area is 122 Å². The Kier molecular flexibility index (Phi) is 4.44. The maximum Gasteiger partial charge on any atom is 0.406 e. The topological polar surface area (TPSA) is 32.3 Å². The van der Waals surface area contributed by atoms with Crippen molar-refractivity contribution in [3.63, 3.8) is 0 Å². The fourth-order valence-electron chi connectivity index (χ4n) is 2.48. The lowest BCUT2D eigenvalue weighted by Crippen LogP contribution is -2.41. The minimum atomic E-state index is -4.39. The van der Waals surface area contributed by atoms with Crippen LogP contribution in [0.5, 0.6) is 0 Å². The maximum atomic E-state index is 12.6. The molecule has 0 aliphatic carbocycles. The molecule has 0 spiro atoms. The molecule has 0 saturated heterocycles. The highest BCUT2D eigenvalue weighted by Crippen LogP contribution is 2.25. The Morgan fingerprint density at radius 2 is 2.10 bits per heavy atom. The van der Waals surface area contributed by atoms with Gasteiger partial charge in [-0.25, -0.2) is 0 Å². The van der Waals surface area contributed by atoms with Gasteiger partial charge in [-0.1, -0.05) is 19.9 Å². The van der Waals surface area contributed by atoms with E-state index in [1.165, 1.54) is 0 Å². The number of fused-ring (bicyclic) bond motifs is 1. The van der Waals surface area contributed by atoms with Crippen molar-refractivity contribution >= 4 is 11.6 Å². The highest BCUT2D eigenvalue weighted by Gasteiger charge is 2.33. The summed E-state index contributed by atoms with van der Waals surface area (Å²) in [4.78, 5) is 13.2. The lowest BCUT2D eigenvalue weighted by atomic mass is 10.1. The number of rotatable bonds is 4. The van der Waals surface area contributed by atoms with E-state index < -0.39 is 18.6 Å². The van der Waals surface area contributed by atoms with Crippen LogP contribution in [-0.4, -0.2) is 36.6 Å². The lowest BCUT2D eigenvalue weighted by Gasteiger charge is -2.26. The van der Waals surface area contributed by atoms with Crippen LogP contribution in [-0.2, 0) is 6.42 Å².